The molecule has 0 aliphatic rings. The van der Waals surface area contributed by atoms with E-state index in [1.165, 1.54) is 6.92 Å². The second-order valence-corrected chi connectivity index (χ2v) is 5.70. The topological polar surface area (TPSA) is 63.6 Å². The van der Waals surface area contributed by atoms with Crippen molar-refractivity contribution < 1.29 is 19.4 Å². The highest BCUT2D eigenvalue weighted by Crippen LogP contribution is 2.30. The molecule has 0 aliphatic heterocycles. The van der Waals surface area contributed by atoms with E-state index in [1.54, 1.807) is 12.1 Å². The number of carboxylic acids is 1. The van der Waals surface area contributed by atoms with Gasteiger partial charge >= 0.3 is 5.97 Å². The number of aliphatic carboxylic acids is 1. The highest BCUT2D eigenvalue weighted by Gasteiger charge is 2.15. The molecule has 2 aromatic rings. The maximum Gasteiger partial charge on any atom is 0.307 e. The number of rotatable bonds is 6. The third kappa shape index (κ3) is 4.18. The minimum absolute atomic E-state index is 0.174. The van der Waals surface area contributed by atoms with Gasteiger partial charge in [0.15, 0.2) is 5.78 Å². The fourth-order valence-electron chi connectivity index (χ4n) is 2.08. The molecule has 0 aromatic heterocycles. The van der Waals surface area contributed by atoms with Crippen molar-refractivity contribution in [3.8, 4) is 5.75 Å². The summed E-state index contributed by atoms with van der Waals surface area (Å²) in [5.41, 5.74) is 1.84. The third-order valence-corrected chi connectivity index (χ3v) is 3.74. The number of Topliss-reactive ketones (excluding diaryl/α,β-unsaturated/α-hetero) is 1. The molecular formula is C17H15BrO4. The summed E-state index contributed by atoms with van der Waals surface area (Å²) < 4.78 is 6.36. The SMILES string of the molecule is CC(=O)c1cc(Br)c(OCc2ccccc2)cc1CC(=O)O. The van der Waals surface area contributed by atoms with Crippen molar-refractivity contribution in [2.75, 3.05) is 0 Å². The highest BCUT2D eigenvalue weighted by molar-refractivity contribution is 9.10. The van der Waals surface area contributed by atoms with Crippen molar-refractivity contribution in [1.29, 1.82) is 0 Å². The van der Waals surface area contributed by atoms with Gasteiger partial charge in [0.25, 0.3) is 0 Å². The average Bonchev–Trinajstić information content (AvgIpc) is 2.47. The van der Waals surface area contributed by atoms with E-state index in [0.717, 1.165) is 5.56 Å². The quantitative estimate of drug-likeness (QED) is 0.792. The van der Waals surface area contributed by atoms with Crippen LogP contribution in [-0.2, 0) is 17.8 Å². The smallest absolute Gasteiger partial charge is 0.307 e. The maximum atomic E-state index is 11.6. The summed E-state index contributed by atoms with van der Waals surface area (Å²) in [6.45, 7) is 1.78. The first-order valence-electron chi connectivity index (χ1n) is 6.69. The number of hydrogen-bond acceptors (Lipinski definition) is 3. The summed E-state index contributed by atoms with van der Waals surface area (Å²) in [6, 6.07) is 12.9. The molecule has 0 heterocycles. The lowest BCUT2D eigenvalue weighted by molar-refractivity contribution is -0.136. The van der Waals surface area contributed by atoms with Gasteiger partial charge in [-0.25, -0.2) is 0 Å². The van der Waals surface area contributed by atoms with Crippen molar-refractivity contribution in [3.05, 3.63) is 63.6 Å². The van der Waals surface area contributed by atoms with E-state index in [9.17, 15) is 9.59 Å². The fraction of sp³-hybridized carbons (Fsp3) is 0.176. The van der Waals surface area contributed by atoms with Gasteiger partial charge < -0.3 is 9.84 Å². The predicted octanol–water partition coefficient (Wildman–Crippen LogP) is 3.86. The van der Waals surface area contributed by atoms with Crippen LogP contribution < -0.4 is 4.74 Å². The van der Waals surface area contributed by atoms with Crippen LogP contribution in [0.4, 0.5) is 0 Å². The van der Waals surface area contributed by atoms with Gasteiger partial charge in [0.05, 0.1) is 10.9 Å². The van der Waals surface area contributed by atoms with Crippen LogP contribution in [0.25, 0.3) is 0 Å². The number of hydrogen-bond donors (Lipinski definition) is 1. The Kier molecular flexibility index (Phi) is 5.33. The number of ketones is 1. The Balaban J connectivity index is 2.27. The molecule has 0 amide bonds. The van der Waals surface area contributed by atoms with Crippen LogP contribution in [0.15, 0.2) is 46.9 Å². The van der Waals surface area contributed by atoms with Gasteiger partial charge in [0.1, 0.15) is 12.4 Å². The zero-order valence-electron chi connectivity index (χ0n) is 12.0. The summed E-state index contributed by atoms with van der Waals surface area (Å²) in [5, 5.41) is 8.98. The molecule has 0 bridgehead atoms. The van der Waals surface area contributed by atoms with E-state index in [2.05, 4.69) is 15.9 Å². The van der Waals surface area contributed by atoms with Gasteiger partial charge in [0, 0.05) is 5.56 Å². The first kappa shape index (κ1) is 16.2. The van der Waals surface area contributed by atoms with Crippen LogP contribution in [-0.4, -0.2) is 16.9 Å². The molecule has 0 spiro atoms. The van der Waals surface area contributed by atoms with Crippen molar-refractivity contribution in [1.82, 2.24) is 0 Å². The first-order chi connectivity index (χ1) is 10.5. The molecule has 0 fully saturated rings. The standard InChI is InChI=1S/C17H15BrO4/c1-11(19)14-9-15(18)16(7-13(14)8-17(20)21)22-10-12-5-3-2-4-6-12/h2-7,9H,8,10H2,1H3,(H,20,21). The van der Waals surface area contributed by atoms with Crippen molar-refractivity contribution in [2.24, 2.45) is 0 Å². The Labute approximate surface area is 136 Å². The first-order valence-corrected chi connectivity index (χ1v) is 7.48. The largest absolute Gasteiger partial charge is 0.488 e. The van der Waals surface area contributed by atoms with Crippen LogP contribution in [0.2, 0.25) is 0 Å². The lowest BCUT2D eigenvalue weighted by atomic mass is 10.0. The zero-order chi connectivity index (χ0) is 16.1. The molecule has 4 nitrogen and oxygen atoms in total. The van der Waals surface area contributed by atoms with E-state index < -0.39 is 5.97 Å². The normalized spacial score (nSPS) is 10.3. The van der Waals surface area contributed by atoms with Crippen LogP contribution >= 0.6 is 15.9 Å². The summed E-state index contributed by atoms with van der Waals surface area (Å²) in [6.07, 6.45) is -0.218. The predicted molar refractivity (Wildman–Crippen MR) is 86.3 cm³/mol. The summed E-state index contributed by atoms with van der Waals surface area (Å²) >= 11 is 3.36. The number of carbonyl (C=O) groups is 2. The number of carboxylic acid groups (broad SMARTS) is 1. The van der Waals surface area contributed by atoms with Crippen molar-refractivity contribution in [3.63, 3.8) is 0 Å². The van der Waals surface area contributed by atoms with E-state index in [-0.39, 0.29) is 12.2 Å². The maximum absolute atomic E-state index is 11.6. The highest BCUT2D eigenvalue weighted by atomic mass is 79.9. The summed E-state index contributed by atoms with van der Waals surface area (Å²) in [5.74, 6) is -0.643. The minimum Gasteiger partial charge on any atom is -0.488 e. The van der Waals surface area contributed by atoms with E-state index in [1.807, 2.05) is 30.3 Å². The average molecular weight is 363 g/mol. The van der Waals surface area contributed by atoms with Gasteiger partial charge in [-0.3, -0.25) is 9.59 Å². The molecule has 0 aliphatic carbocycles. The van der Waals surface area contributed by atoms with Crippen LogP contribution in [0.1, 0.15) is 28.4 Å². The number of halogens is 1. The second kappa shape index (κ2) is 7.22. The molecule has 0 saturated carbocycles. The Bertz CT molecular complexity index is 695. The Morgan fingerprint density at radius 2 is 1.86 bits per heavy atom. The molecule has 2 rings (SSSR count). The van der Waals surface area contributed by atoms with Crippen LogP contribution in [0.3, 0.4) is 0 Å². The van der Waals surface area contributed by atoms with Gasteiger partial charge in [-0.1, -0.05) is 30.3 Å². The summed E-state index contributed by atoms with van der Waals surface area (Å²) in [7, 11) is 0. The monoisotopic (exact) mass is 362 g/mol. The Hall–Kier alpha value is -2.14. The van der Waals surface area contributed by atoms with Gasteiger partial charge in [0.2, 0.25) is 0 Å². The molecule has 1 N–H and O–H groups in total. The van der Waals surface area contributed by atoms with Crippen LogP contribution in [0, 0.1) is 0 Å². The molecule has 0 saturated heterocycles. The number of benzene rings is 2. The van der Waals surface area contributed by atoms with Crippen molar-refractivity contribution in [2.45, 2.75) is 20.0 Å². The van der Waals surface area contributed by atoms with Gasteiger partial charge in [-0.15, -0.1) is 0 Å². The number of carbonyl (C=O) groups excluding carboxylic acids is 1. The molecule has 0 unspecified atom stereocenters. The van der Waals surface area contributed by atoms with Crippen LogP contribution in [0.5, 0.6) is 5.75 Å². The van der Waals surface area contributed by atoms with E-state index in [4.69, 9.17) is 9.84 Å². The van der Waals surface area contributed by atoms with Gasteiger partial charge in [-0.05, 0) is 46.1 Å². The van der Waals surface area contributed by atoms with Crippen molar-refractivity contribution >= 4 is 27.7 Å². The zero-order valence-corrected chi connectivity index (χ0v) is 13.6. The fourth-order valence-corrected chi connectivity index (χ4v) is 2.54. The van der Waals surface area contributed by atoms with Gasteiger partial charge in [-0.2, -0.15) is 0 Å². The lowest BCUT2D eigenvalue weighted by Crippen LogP contribution is -2.07. The molecule has 5 heteroatoms. The molecule has 114 valence electrons. The molecule has 2 aromatic carbocycles. The van der Waals surface area contributed by atoms with E-state index >= 15 is 0 Å². The van der Waals surface area contributed by atoms with E-state index in [0.29, 0.717) is 28.0 Å². The lowest BCUT2D eigenvalue weighted by Gasteiger charge is -2.12. The second-order valence-electron chi connectivity index (χ2n) is 4.84. The molecule has 0 atom stereocenters. The molecular weight excluding hydrogens is 348 g/mol. The Morgan fingerprint density at radius 3 is 2.45 bits per heavy atom. The summed E-state index contributed by atoms with van der Waals surface area (Å²) in [4.78, 5) is 22.6. The molecule has 0 radical (unpaired) electrons. The Morgan fingerprint density at radius 1 is 1.18 bits per heavy atom. The number of ether oxygens (including phenoxy) is 1. The minimum atomic E-state index is -0.987. The molecule has 22 heavy (non-hydrogen) atoms. The third-order valence-electron chi connectivity index (χ3n) is 3.12.